The van der Waals surface area contributed by atoms with E-state index in [-0.39, 0.29) is 19.4 Å². The van der Waals surface area contributed by atoms with Crippen molar-refractivity contribution in [3.8, 4) is 17.9 Å². The fourth-order valence-corrected chi connectivity index (χ4v) is 3.35. The average Bonchev–Trinajstić information content (AvgIpc) is 2.80. The quantitative estimate of drug-likeness (QED) is 0.533. The molecule has 0 spiro atoms. The number of ether oxygens (including phenoxy) is 3. The summed E-state index contributed by atoms with van der Waals surface area (Å²) >= 11 is 0. The van der Waals surface area contributed by atoms with E-state index in [9.17, 15) is 10.1 Å². The van der Waals surface area contributed by atoms with E-state index in [1.54, 1.807) is 24.4 Å². The molecule has 1 unspecified atom stereocenters. The van der Waals surface area contributed by atoms with E-state index in [2.05, 4.69) is 16.4 Å². The molecule has 1 aromatic carbocycles. The van der Waals surface area contributed by atoms with Crippen molar-refractivity contribution in [3.05, 3.63) is 52.4 Å². The number of methoxy groups -OCH3 is 1. The normalized spacial score (nSPS) is 22.0. The maximum absolute atomic E-state index is 13.2. The molecular formula is C24H28N4O4. The molecule has 1 atom stereocenters. The van der Waals surface area contributed by atoms with Crippen LogP contribution in [-0.4, -0.2) is 38.7 Å². The Bertz CT molecular complexity index is 1010. The molecule has 8 nitrogen and oxygen atoms in total. The number of carbonyl (C=O) groups is 1. The van der Waals surface area contributed by atoms with E-state index >= 15 is 0 Å². The molecule has 32 heavy (non-hydrogen) atoms. The van der Waals surface area contributed by atoms with Gasteiger partial charge in [0.1, 0.15) is 12.4 Å². The Kier molecular flexibility index (Phi) is 9.31. The van der Waals surface area contributed by atoms with Crippen molar-refractivity contribution < 1.29 is 19.0 Å². The highest BCUT2D eigenvalue weighted by atomic mass is 16.5. The van der Waals surface area contributed by atoms with Crippen molar-refractivity contribution in [2.24, 2.45) is 4.99 Å². The lowest BCUT2D eigenvalue weighted by Crippen LogP contribution is -2.26. The summed E-state index contributed by atoms with van der Waals surface area (Å²) in [7, 11) is 1.52. The van der Waals surface area contributed by atoms with E-state index in [1.165, 1.54) is 7.11 Å². The first-order chi connectivity index (χ1) is 15.4. The number of allylic oxidation sites excluding steroid dienone is 1. The Morgan fingerprint density at radius 2 is 2.09 bits per heavy atom. The molecule has 8 heteroatoms. The molecule has 0 saturated heterocycles. The molecule has 0 radical (unpaired) electrons. The zero-order valence-corrected chi connectivity index (χ0v) is 18.9. The summed E-state index contributed by atoms with van der Waals surface area (Å²) in [6, 6.07) is 9.16. The van der Waals surface area contributed by atoms with Gasteiger partial charge < -0.3 is 19.5 Å². The van der Waals surface area contributed by atoms with Crippen LogP contribution in [0, 0.1) is 22.7 Å². The second kappa shape index (κ2) is 12.2. The van der Waals surface area contributed by atoms with Crippen molar-refractivity contribution >= 4 is 11.9 Å². The molecule has 1 heterocycles. The summed E-state index contributed by atoms with van der Waals surface area (Å²) in [5.41, 5.74) is 3.16. The third-order valence-electron chi connectivity index (χ3n) is 4.91. The van der Waals surface area contributed by atoms with E-state index in [0.717, 1.165) is 5.57 Å². The Balaban J connectivity index is 2.67. The number of carbonyl (C=O) groups excluding carboxylic acids is 1. The molecule has 0 aromatic heterocycles. The number of hydrogen-bond donors (Lipinski definition) is 1. The third-order valence-corrected chi connectivity index (χ3v) is 4.91. The molecular weight excluding hydrogens is 408 g/mol. The number of nitrogens with zero attached hydrogens (tertiary/aromatic N) is 3. The fourth-order valence-electron chi connectivity index (χ4n) is 3.35. The summed E-state index contributed by atoms with van der Waals surface area (Å²) in [5.74, 6) is -0.0966. The molecule has 0 amide bonds. The second-order valence-electron chi connectivity index (χ2n) is 7.19. The van der Waals surface area contributed by atoms with Gasteiger partial charge in [-0.1, -0.05) is 6.07 Å². The van der Waals surface area contributed by atoms with Crippen molar-refractivity contribution in [1.82, 2.24) is 5.32 Å². The molecule has 1 aliphatic rings. The molecule has 168 valence electrons. The number of nitriles is 2. The molecule has 1 N–H and O–H groups in total. The standard InChI is InChI=1S/C24H28N4O4/c1-5-31-22-12-20(19-8-7-18(13-26)11-21(19)30-4)23(24(29)32-10-6-9-25)17(3)27-14-16(2)15-28-22/h7-8,11,15,20,27H,5-6,10,12,14H2,1-4H3/b16-15-,23-17+,28-22+. The third kappa shape index (κ3) is 6.36. The maximum atomic E-state index is 13.2. The van der Waals surface area contributed by atoms with Gasteiger partial charge in [-0.25, -0.2) is 9.79 Å². The topological polar surface area (TPSA) is 117 Å². The highest BCUT2D eigenvalue weighted by Crippen LogP contribution is 2.37. The van der Waals surface area contributed by atoms with Crippen LogP contribution in [-0.2, 0) is 14.3 Å². The molecule has 0 saturated carbocycles. The Labute approximate surface area is 188 Å². The summed E-state index contributed by atoms with van der Waals surface area (Å²) in [6.45, 7) is 6.52. The van der Waals surface area contributed by atoms with Gasteiger partial charge in [0.2, 0.25) is 0 Å². The SMILES string of the molecule is CCO/C1=N/C=C(/C)CN/C(C)=C(/C(=O)OCCC#N)C(c2ccc(C#N)cc2OC)C1. The highest BCUT2D eigenvalue weighted by Gasteiger charge is 2.31. The predicted octanol–water partition coefficient (Wildman–Crippen LogP) is 3.71. The molecule has 2 rings (SSSR count). The predicted molar refractivity (Wildman–Crippen MR) is 120 cm³/mol. The first-order valence-corrected chi connectivity index (χ1v) is 10.4. The molecule has 1 aromatic rings. The van der Waals surface area contributed by atoms with Crippen LogP contribution in [0.4, 0.5) is 0 Å². The summed E-state index contributed by atoms with van der Waals surface area (Å²) in [4.78, 5) is 17.7. The second-order valence-corrected chi connectivity index (χ2v) is 7.19. The van der Waals surface area contributed by atoms with Gasteiger partial charge in [0.15, 0.2) is 5.90 Å². The van der Waals surface area contributed by atoms with E-state index in [4.69, 9.17) is 19.5 Å². The van der Waals surface area contributed by atoms with Gasteiger partial charge in [-0.3, -0.25) is 0 Å². The highest BCUT2D eigenvalue weighted by molar-refractivity contribution is 5.93. The number of esters is 1. The van der Waals surface area contributed by atoms with Crippen molar-refractivity contribution in [3.63, 3.8) is 0 Å². The van der Waals surface area contributed by atoms with Crippen molar-refractivity contribution in [2.75, 3.05) is 26.9 Å². The number of aliphatic imine (C=N–C) groups is 1. The van der Waals surface area contributed by atoms with Gasteiger partial charge >= 0.3 is 5.97 Å². The Hall–Kier alpha value is -3.78. The number of hydrogen-bond acceptors (Lipinski definition) is 8. The van der Waals surface area contributed by atoms with Crippen LogP contribution in [0.15, 0.2) is 46.2 Å². The van der Waals surface area contributed by atoms with Crippen LogP contribution in [0.5, 0.6) is 5.75 Å². The van der Waals surface area contributed by atoms with Crippen LogP contribution in [0.1, 0.15) is 50.7 Å². The van der Waals surface area contributed by atoms with Crippen LogP contribution < -0.4 is 10.1 Å². The maximum Gasteiger partial charge on any atom is 0.336 e. The largest absolute Gasteiger partial charge is 0.496 e. The Morgan fingerprint density at radius 1 is 1.31 bits per heavy atom. The van der Waals surface area contributed by atoms with Gasteiger partial charge in [0.25, 0.3) is 0 Å². The summed E-state index contributed by atoms with van der Waals surface area (Å²) < 4.78 is 16.7. The number of benzene rings is 1. The van der Waals surface area contributed by atoms with Crippen LogP contribution in [0.3, 0.4) is 0 Å². The van der Waals surface area contributed by atoms with E-state index < -0.39 is 11.9 Å². The lowest BCUT2D eigenvalue weighted by molar-refractivity contribution is -0.139. The van der Waals surface area contributed by atoms with Crippen molar-refractivity contribution in [1.29, 1.82) is 10.5 Å². The molecule has 0 fully saturated rings. The van der Waals surface area contributed by atoms with Crippen LogP contribution in [0.2, 0.25) is 0 Å². The monoisotopic (exact) mass is 436 g/mol. The van der Waals surface area contributed by atoms with Gasteiger partial charge in [0, 0.05) is 36.3 Å². The lowest BCUT2D eigenvalue weighted by atomic mass is 9.85. The van der Waals surface area contributed by atoms with Crippen molar-refractivity contribution in [2.45, 2.75) is 39.5 Å². The summed E-state index contributed by atoms with van der Waals surface area (Å²) in [5, 5.41) is 21.4. The van der Waals surface area contributed by atoms with E-state index in [0.29, 0.717) is 47.2 Å². The van der Waals surface area contributed by atoms with Gasteiger partial charge in [-0.05, 0) is 38.5 Å². The van der Waals surface area contributed by atoms with Gasteiger partial charge in [-0.2, -0.15) is 10.5 Å². The minimum atomic E-state index is -0.528. The average molecular weight is 437 g/mol. The summed E-state index contributed by atoms with van der Waals surface area (Å²) in [6.07, 6.45) is 2.13. The molecule has 0 aliphatic carbocycles. The molecule has 1 aliphatic heterocycles. The van der Waals surface area contributed by atoms with Gasteiger partial charge in [-0.15, -0.1) is 0 Å². The van der Waals surface area contributed by atoms with Crippen LogP contribution in [0.25, 0.3) is 0 Å². The first-order valence-electron chi connectivity index (χ1n) is 10.4. The van der Waals surface area contributed by atoms with E-state index in [1.807, 2.05) is 26.8 Å². The molecule has 0 bridgehead atoms. The zero-order chi connectivity index (χ0) is 23.5. The first kappa shape index (κ1) is 24.5. The van der Waals surface area contributed by atoms with Gasteiger partial charge in [0.05, 0.1) is 43.4 Å². The Morgan fingerprint density at radius 3 is 2.75 bits per heavy atom. The zero-order valence-electron chi connectivity index (χ0n) is 18.9. The number of nitrogens with one attached hydrogen (secondary N) is 1. The smallest absolute Gasteiger partial charge is 0.336 e. The number of rotatable bonds is 6. The van der Waals surface area contributed by atoms with Crippen LogP contribution >= 0.6 is 0 Å². The minimum absolute atomic E-state index is 0.00528. The lowest BCUT2D eigenvalue weighted by Gasteiger charge is -2.25. The fraction of sp³-hybridized carbons (Fsp3) is 0.417. The minimum Gasteiger partial charge on any atom is -0.496 e.